The minimum atomic E-state index is -4.07. The van der Waals surface area contributed by atoms with Crippen molar-refractivity contribution in [1.82, 2.24) is 24.4 Å². The summed E-state index contributed by atoms with van der Waals surface area (Å²) in [5.74, 6) is 0.303. The van der Waals surface area contributed by atoms with E-state index in [1.807, 2.05) is 0 Å². The van der Waals surface area contributed by atoms with Crippen molar-refractivity contribution in [1.29, 1.82) is 5.53 Å². The quantitative estimate of drug-likeness (QED) is 0.224. The third-order valence-corrected chi connectivity index (χ3v) is 6.46. The average Bonchev–Trinajstić information content (AvgIpc) is 3.24. The summed E-state index contributed by atoms with van der Waals surface area (Å²) < 4.78 is 31.9. The summed E-state index contributed by atoms with van der Waals surface area (Å²) in [6, 6.07) is 9.14. The van der Waals surface area contributed by atoms with Gasteiger partial charge < -0.3 is 9.26 Å². The molecule has 0 aliphatic carbocycles. The monoisotopic (exact) mass is 501 g/mol. The van der Waals surface area contributed by atoms with Crippen molar-refractivity contribution in [3.63, 3.8) is 0 Å². The van der Waals surface area contributed by atoms with Crippen LogP contribution in [-0.4, -0.2) is 38.3 Å². The van der Waals surface area contributed by atoms with Crippen LogP contribution in [-0.2, 0) is 13.8 Å². The van der Waals surface area contributed by atoms with Crippen LogP contribution in [0.3, 0.4) is 0 Å². The van der Waals surface area contributed by atoms with Gasteiger partial charge in [-0.1, -0.05) is 12.1 Å². The summed E-state index contributed by atoms with van der Waals surface area (Å²) in [6.07, 6.45) is 2.87. The van der Waals surface area contributed by atoms with Crippen molar-refractivity contribution in [2.24, 2.45) is 5.11 Å². The molecular weight excluding hydrogens is 479 g/mol. The van der Waals surface area contributed by atoms with Crippen LogP contribution < -0.4 is 25.8 Å². The number of aromatic amines is 1. The molecule has 0 saturated carbocycles. The first-order chi connectivity index (χ1) is 16.9. The van der Waals surface area contributed by atoms with E-state index in [1.54, 1.807) is 37.3 Å². The average molecular weight is 501 g/mol. The third kappa shape index (κ3) is 5.94. The van der Waals surface area contributed by atoms with Gasteiger partial charge in [-0.2, -0.15) is 0 Å². The maximum Gasteiger partial charge on any atom is 0.488 e. The molecule has 0 spiro atoms. The summed E-state index contributed by atoms with van der Waals surface area (Å²) in [5.41, 5.74) is 6.28. The lowest BCUT2D eigenvalue weighted by atomic mass is 10.1. The van der Waals surface area contributed by atoms with Gasteiger partial charge in [-0.05, 0) is 25.1 Å². The highest BCUT2D eigenvalue weighted by Gasteiger charge is 2.42. The zero-order valence-corrected chi connectivity index (χ0v) is 19.4. The Morgan fingerprint density at radius 2 is 2.06 bits per heavy atom. The minimum Gasteiger partial charge on any atom is -0.391 e. The highest BCUT2D eigenvalue weighted by molar-refractivity contribution is 7.55. The lowest BCUT2D eigenvalue weighted by Gasteiger charge is -2.22. The molecule has 14 nitrogen and oxygen atoms in total. The number of H-pyrrole nitrogens is 1. The van der Waals surface area contributed by atoms with E-state index in [0.717, 1.165) is 0 Å². The highest BCUT2D eigenvalue weighted by Crippen LogP contribution is 2.48. The Balaban J connectivity index is 1.55. The van der Waals surface area contributed by atoms with E-state index in [-0.39, 0.29) is 24.7 Å². The number of aromatic nitrogens is 4. The van der Waals surface area contributed by atoms with Gasteiger partial charge in [-0.15, -0.1) is 0 Å². The first kappa shape index (κ1) is 24.2. The van der Waals surface area contributed by atoms with Crippen molar-refractivity contribution in [2.45, 2.75) is 31.7 Å². The van der Waals surface area contributed by atoms with Crippen LogP contribution in [0, 0.1) is 12.5 Å². The number of anilines is 1. The number of nitrogens with one attached hydrogen (secondary N) is 3. The second-order valence-electron chi connectivity index (χ2n) is 7.51. The van der Waals surface area contributed by atoms with Gasteiger partial charge >= 0.3 is 13.4 Å². The normalized spacial score (nSPS) is 21.0. The van der Waals surface area contributed by atoms with Crippen molar-refractivity contribution < 1.29 is 18.3 Å². The van der Waals surface area contributed by atoms with Gasteiger partial charge in [0.2, 0.25) is 10.8 Å². The smallest absolute Gasteiger partial charge is 0.391 e. The fourth-order valence-electron chi connectivity index (χ4n) is 3.38. The molecule has 4 rings (SSSR count). The maximum absolute atomic E-state index is 13.6. The predicted octanol–water partition coefficient (Wildman–Crippen LogP) is 2.16. The SMILES string of the molecule is Cc1cn(C2CC(N=[N+]=N)C(COP(=O)(Nc3ccccn3)Oc3ccccn3)O2)c(=O)[nH]c1=O. The van der Waals surface area contributed by atoms with Crippen LogP contribution in [0.25, 0.3) is 0 Å². The molecule has 1 aliphatic rings. The standard InChI is InChI=1S/C20H21N8O6P/c1-13-11-28(20(30)24-19(13)29)18-10-14(25-27-21)15(33-18)12-32-35(31,26-16-6-2-4-8-22-16)34-17-7-3-5-9-23-17/h2-9,11,14-15,18,21H,10,12H2,1H3,(H-,22,24,26,29,30,31)/p+1. The van der Waals surface area contributed by atoms with E-state index in [9.17, 15) is 14.2 Å². The Morgan fingerprint density at radius 1 is 1.29 bits per heavy atom. The van der Waals surface area contributed by atoms with Gasteiger partial charge in [0.1, 0.15) is 28.8 Å². The third-order valence-electron chi connectivity index (χ3n) is 5.04. The van der Waals surface area contributed by atoms with Gasteiger partial charge in [-0.25, -0.2) is 19.3 Å². The molecule has 4 unspecified atom stereocenters. The first-order valence-electron chi connectivity index (χ1n) is 10.5. The second-order valence-corrected chi connectivity index (χ2v) is 9.16. The summed E-state index contributed by atoms with van der Waals surface area (Å²) in [5, 5.41) is 6.50. The van der Waals surface area contributed by atoms with Crippen LogP contribution in [0.15, 0.2) is 69.7 Å². The Labute approximate surface area is 198 Å². The van der Waals surface area contributed by atoms with Crippen LogP contribution in [0.1, 0.15) is 18.2 Å². The van der Waals surface area contributed by atoms with Crippen molar-refractivity contribution in [3.05, 3.63) is 81.4 Å². The summed E-state index contributed by atoms with van der Waals surface area (Å²) in [7, 11) is -4.07. The Morgan fingerprint density at radius 3 is 2.74 bits per heavy atom. The number of nitrogens with zero attached hydrogens (tertiary/aromatic N) is 5. The molecule has 3 N–H and O–H groups in total. The Hall–Kier alpha value is -3.96. The highest BCUT2D eigenvalue weighted by atomic mass is 31.2. The molecule has 0 amide bonds. The number of aryl methyl sites for hydroxylation is 1. The van der Waals surface area contributed by atoms with E-state index < -0.39 is 37.4 Å². The molecule has 0 radical (unpaired) electrons. The van der Waals surface area contributed by atoms with E-state index in [1.165, 1.54) is 29.2 Å². The molecule has 15 heteroatoms. The predicted molar refractivity (Wildman–Crippen MR) is 122 cm³/mol. The zero-order chi connectivity index (χ0) is 24.8. The molecule has 1 fully saturated rings. The topological polar surface area (TPSA) is 188 Å². The van der Waals surface area contributed by atoms with Crippen molar-refractivity contribution >= 4 is 13.6 Å². The number of pyridine rings is 2. The molecule has 1 aliphatic heterocycles. The van der Waals surface area contributed by atoms with Gasteiger partial charge in [0.15, 0.2) is 6.04 Å². The van der Waals surface area contributed by atoms with E-state index >= 15 is 0 Å². The van der Waals surface area contributed by atoms with Crippen molar-refractivity contribution in [2.75, 3.05) is 11.7 Å². The first-order valence-corrected chi connectivity index (χ1v) is 12.0. The molecule has 3 aromatic heterocycles. The number of hydrogen-bond acceptors (Lipinski definition) is 10. The van der Waals surface area contributed by atoms with Gasteiger partial charge in [-0.3, -0.25) is 24.0 Å². The molecule has 35 heavy (non-hydrogen) atoms. The molecule has 182 valence electrons. The Kier molecular flexibility index (Phi) is 7.28. The number of hydrogen-bond donors (Lipinski definition) is 3. The molecule has 1 saturated heterocycles. The number of ether oxygens (including phenoxy) is 1. The molecule has 4 heterocycles. The Bertz CT molecular complexity index is 1330. The van der Waals surface area contributed by atoms with E-state index in [0.29, 0.717) is 5.56 Å². The van der Waals surface area contributed by atoms with Gasteiger partial charge in [0.05, 0.1) is 6.61 Å². The fourth-order valence-corrected chi connectivity index (χ4v) is 4.65. The zero-order valence-electron chi connectivity index (χ0n) is 18.5. The second kappa shape index (κ2) is 10.5. The molecular formula is C20H22N8O6P+. The lowest BCUT2D eigenvalue weighted by Crippen LogP contribution is -2.33. The summed E-state index contributed by atoms with van der Waals surface area (Å²) in [4.78, 5) is 37.4. The van der Waals surface area contributed by atoms with E-state index in [2.05, 4.69) is 30.1 Å². The molecule has 0 aromatic carbocycles. The lowest BCUT2D eigenvalue weighted by molar-refractivity contribution is -0.0238. The summed E-state index contributed by atoms with van der Waals surface area (Å²) in [6.45, 7) is 1.26. The minimum absolute atomic E-state index is 0.0575. The van der Waals surface area contributed by atoms with Gasteiger partial charge in [0, 0.05) is 36.6 Å². The van der Waals surface area contributed by atoms with E-state index in [4.69, 9.17) is 19.3 Å². The maximum atomic E-state index is 13.6. The van der Waals surface area contributed by atoms with Crippen LogP contribution >= 0.6 is 7.75 Å². The largest absolute Gasteiger partial charge is 0.488 e. The number of rotatable bonds is 9. The van der Waals surface area contributed by atoms with Crippen LogP contribution in [0.4, 0.5) is 5.82 Å². The summed E-state index contributed by atoms with van der Waals surface area (Å²) >= 11 is 0. The molecule has 0 bridgehead atoms. The fraction of sp³-hybridized carbons (Fsp3) is 0.300. The molecule has 3 aromatic rings. The van der Waals surface area contributed by atoms with Crippen molar-refractivity contribution in [3.8, 4) is 5.88 Å². The van der Waals surface area contributed by atoms with Crippen LogP contribution in [0.2, 0.25) is 0 Å². The molecule has 4 atom stereocenters. The van der Waals surface area contributed by atoms with Crippen LogP contribution in [0.5, 0.6) is 5.88 Å². The van der Waals surface area contributed by atoms with Gasteiger partial charge in [0.25, 0.3) is 5.56 Å².